The van der Waals surface area contributed by atoms with Gasteiger partial charge >= 0.3 is 0 Å². The lowest BCUT2D eigenvalue weighted by molar-refractivity contribution is 0.409. The highest BCUT2D eigenvalue weighted by molar-refractivity contribution is 7.99. The Kier molecular flexibility index (Phi) is 3.78. The Morgan fingerprint density at radius 1 is 0.958 bits per heavy atom. The summed E-state index contributed by atoms with van der Waals surface area (Å²) in [5, 5.41) is 9.43. The number of rotatable bonds is 4. The minimum atomic E-state index is 0.0140. The monoisotopic (exact) mass is 340 g/mol. The Morgan fingerprint density at radius 3 is 2.46 bits per heavy atom. The van der Waals surface area contributed by atoms with Gasteiger partial charge in [0.15, 0.2) is 5.82 Å². The third kappa shape index (κ3) is 2.37. The number of nitrogens with zero attached hydrogens (tertiary/aromatic N) is 3. The standard InChI is InChI=1S/C17H16N4O2S/c1-22-13-9-5-3-7-11(13)15-18-19-17-21(15)20-16(24-17)12-8-4-6-10-14(12)23-2/h3-10,16,20H,1-2H3/t16-/m0/s1. The molecule has 2 heterocycles. The minimum Gasteiger partial charge on any atom is -0.496 e. The van der Waals surface area contributed by atoms with Gasteiger partial charge in [-0.3, -0.25) is 0 Å². The van der Waals surface area contributed by atoms with Crippen molar-refractivity contribution < 1.29 is 9.47 Å². The summed E-state index contributed by atoms with van der Waals surface area (Å²) < 4.78 is 12.8. The van der Waals surface area contributed by atoms with Gasteiger partial charge in [-0.2, -0.15) is 0 Å². The van der Waals surface area contributed by atoms with Crippen LogP contribution in [-0.4, -0.2) is 29.1 Å². The van der Waals surface area contributed by atoms with E-state index in [1.807, 2.05) is 53.2 Å². The van der Waals surface area contributed by atoms with Gasteiger partial charge in [0, 0.05) is 5.56 Å². The third-order valence-electron chi connectivity index (χ3n) is 3.87. The normalized spacial score (nSPS) is 15.7. The predicted molar refractivity (Wildman–Crippen MR) is 93.0 cm³/mol. The minimum absolute atomic E-state index is 0.0140. The number of benzene rings is 2. The summed E-state index contributed by atoms with van der Waals surface area (Å²) in [6.07, 6.45) is 0. The summed E-state index contributed by atoms with van der Waals surface area (Å²) in [6, 6.07) is 15.7. The van der Waals surface area contributed by atoms with E-state index >= 15 is 0 Å². The molecule has 0 amide bonds. The molecule has 1 N–H and O–H groups in total. The number of hydrogen-bond acceptors (Lipinski definition) is 6. The third-order valence-corrected chi connectivity index (χ3v) is 4.94. The first-order chi connectivity index (χ1) is 11.8. The van der Waals surface area contributed by atoms with E-state index in [4.69, 9.17) is 9.47 Å². The summed E-state index contributed by atoms with van der Waals surface area (Å²) in [4.78, 5) is 0. The predicted octanol–water partition coefficient (Wildman–Crippen LogP) is 3.31. The van der Waals surface area contributed by atoms with Gasteiger partial charge in [-0.1, -0.05) is 42.1 Å². The van der Waals surface area contributed by atoms with Crippen molar-refractivity contribution in [3.05, 3.63) is 54.1 Å². The van der Waals surface area contributed by atoms with Crippen molar-refractivity contribution in [3.63, 3.8) is 0 Å². The van der Waals surface area contributed by atoms with Gasteiger partial charge in [0.25, 0.3) is 0 Å². The molecule has 0 unspecified atom stereocenters. The van der Waals surface area contributed by atoms with Crippen molar-refractivity contribution in [2.75, 3.05) is 19.6 Å². The van der Waals surface area contributed by atoms with E-state index in [1.165, 1.54) is 0 Å². The number of nitrogens with one attached hydrogen (secondary N) is 1. The Morgan fingerprint density at radius 2 is 1.67 bits per heavy atom. The Balaban J connectivity index is 1.71. The highest BCUT2D eigenvalue weighted by Crippen LogP contribution is 2.43. The smallest absolute Gasteiger partial charge is 0.212 e. The Labute approximate surface area is 143 Å². The van der Waals surface area contributed by atoms with Crippen LogP contribution in [0.1, 0.15) is 10.9 Å². The van der Waals surface area contributed by atoms with E-state index in [0.717, 1.165) is 33.6 Å². The fraction of sp³-hybridized carbons (Fsp3) is 0.176. The van der Waals surface area contributed by atoms with Crippen LogP contribution in [-0.2, 0) is 0 Å². The van der Waals surface area contributed by atoms with Crippen molar-refractivity contribution in [2.24, 2.45) is 0 Å². The van der Waals surface area contributed by atoms with E-state index in [1.54, 1.807) is 26.0 Å². The van der Waals surface area contributed by atoms with Crippen LogP contribution in [0.4, 0.5) is 0 Å². The molecular weight excluding hydrogens is 324 g/mol. The largest absolute Gasteiger partial charge is 0.496 e. The molecule has 0 aliphatic carbocycles. The van der Waals surface area contributed by atoms with Crippen LogP contribution in [0.25, 0.3) is 11.4 Å². The Bertz CT molecular complexity index is 881. The number of methoxy groups -OCH3 is 2. The second-order valence-electron chi connectivity index (χ2n) is 5.21. The summed E-state index contributed by atoms with van der Waals surface area (Å²) in [5.41, 5.74) is 5.41. The van der Waals surface area contributed by atoms with Crippen LogP contribution in [0.3, 0.4) is 0 Å². The van der Waals surface area contributed by atoms with Crippen molar-refractivity contribution in [3.8, 4) is 22.9 Å². The van der Waals surface area contributed by atoms with Crippen LogP contribution in [0, 0.1) is 0 Å². The van der Waals surface area contributed by atoms with Crippen LogP contribution >= 0.6 is 11.8 Å². The van der Waals surface area contributed by atoms with Crippen LogP contribution in [0.5, 0.6) is 11.5 Å². The van der Waals surface area contributed by atoms with E-state index in [2.05, 4.69) is 15.6 Å². The lowest BCUT2D eigenvalue weighted by Crippen LogP contribution is -2.14. The zero-order chi connectivity index (χ0) is 16.5. The lowest BCUT2D eigenvalue weighted by Gasteiger charge is -2.15. The van der Waals surface area contributed by atoms with E-state index < -0.39 is 0 Å². The molecule has 0 fully saturated rings. The molecule has 0 bridgehead atoms. The van der Waals surface area contributed by atoms with Gasteiger partial charge in [0.1, 0.15) is 16.9 Å². The first-order valence-corrected chi connectivity index (χ1v) is 8.34. The molecule has 122 valence electrons. The highest BCUT2D eigenvalue weighted by atomic mass is 32.2. The van der Waals surface area contributed by atoms with Crippen molar-refractivity contribution >= 4 is 11.8 Å². The fourth-order valence-electron chi connectivity index (χ4n) is 2.73. The summed E-state index contributed by atoms with van der Waals surface area (Å²) in [6.45, 7) is 0. The molecule has 1 aromatic heterocycles. The molecular formula is C17H16N4O2S. The van der Waals surface area contributed by atoms with Gasteiger partial charge in [-0.05, 0) is 18.2 Å². The number of fused-ring (bicyclic) bond motifs is 1. The molecule has 3 aromatic rings. The summed E-state index contributed by atoms with van der Waals surface area (Å²) >= 11 is 1.61. The van der Waals surface area contributed by atoms with E-state index in [9.17, 15) is 0 Å². The molecule has 0 radical (unpaired) electrons. The molecule has 6 nitrogen and oxygen atoms in total. The first kappa shape index (κ1) is 14.9. The zero-order valence-electron chi connectivity index (χ0n) is 13.3. The number of ether oxygens (including phenoxy) is 2. The quantitative estimate of drug-likeness (QED) is 0.786. The number of aromatic nitrogens is 3. The van der Waals surface area contributed by atoms with Gasteiger partial charge in [0.05, 0.1) is 19.8 Å². The zero-order valence-corrected chi connectivity index (χ0v) is 14.1. The molecule has 24 heavy (non-hydrogen) atoms. The van der Waals surface area contributed by atoms with Crippen LogP contribution in [0.15, 0.2) is 53.7 Å². The topological polar surface area (TPSA) is 61.2 Å². The number of thioether (sulfide) groups is 1. The second kappa shape index (κ2) is 6.09. The van der Waals surface area contributed by atoms with Crippen molar-refractivity contribution in [2.45, 2.75) is 10.5 Å². The summed E-state index contributed by atoms with van der Waals surface area (Å²) in [7, 11) is 3.33. The SMILES string of the molecule is COc1ccccc1-c1nnc2n1N[C@H](c1ccccc1OC)S2. The molecule has 4 rings (SSSR count). The van der Waals surface area contributed by atoms with E-state index in [0.29, 0.717) is 0 Å². The lowest BCUT2D eigenvalue weighted by atomic mass is 10.2. The molecule has 0 spiro atoms. The summed E-state index contributed by atoms with van der Waals surface area (Å²) in [5.74, 6) is 2.34. The Hall–Kier alpha value is -2.67. The molecule has 0 saturated carbocycles. The van der Waals surface area contributed by atoms with Crippen LogP contribution < -0.4 is 14.9 Å². The average Bonchev–Trinajstić information content (AvgIpc) is 3.22. The van der Waals surface area contributed by atoms with Gasteiger partial charge in [-0.15, -0.1) is 10.2 Å². The second-order valence-corrected chi connectivity index (χ2v) is 6.28. The molecule has 0 saturated heterocycles. The number of hydrogen-bond donors (Lipinski definition) is 1. The molecule has 1 atom stereocenters. The number of para-hydroxylation sites is 2. The van der Waals surface area contributed by atoms with Crippen LogP contribution in [0.2, 0.25) is 0 Å². The maximum atomic E-state index is 5.47. The highest BCUT2D eigenvalue weighted by Gasteiger charge is 2.30. The van der Waals surface area contributed by atoms with Gasteiger partial charge in [0.2, 0.25) is 5.16 Å². The van der Waals surface area contributed by atoms with Gasteiger partial charge in [-0.25, -0.2) is 4.68 Å². The fourth-order valence-corrected chi connectivity index (χ4v) is 3.75. The van der Waals surface area contributed by atoms with Crippen molar-refractivity contribution in [1.82, 2.24) is 14.9 Å². The molecule has 1 aliphatic heterocycles. The maximum absolute atomic E-state index is 5.47. The average molecular weight is 340 g/mol. The molecule has 7 heteroatoms. The first-order valence-electron chi connectivity index (χ1n) is 7.46. The van der Waals surface area contributed by atoms with Crippen molar-refractivity contribution in [1.29, 1.82) is 0 Å². The molecule has 2 aromatic carbocycles. The van der Waals surface area contributed by atoms with E-state index in [-0.39, 0.29) is 5.37 Å². The maximum Gasteiger partial charge on any atom is 0.212 e. The molecule has 1 aliphatic rings. The van der Waals surface area contributed by atoms with Gasteiger partial charge < -0.3 is 14.9 Å².